The first-order chi connectivity index (χ1) is 9.41. The van der Waals surface area contributed by atoms with E-state index in [0.717, 1.165) is 6.42 Å². The highest BCUT2D eigenvalue weighted by molar-refractivity contribution is 7.90. The van der Waals surface area contributed by atoms with Crippen molar-refractivity contribution < 1.29 is 13.2 Å². The largest absolute Gasteiger partial charge is 0.378 e. The Morgan fingerprint density at radius 1 is 1.29 bits per heavy atom. The average Bonchev–Trinajstić information content (AvgIpc) is 2.48. The molecule has 1 aromatic carbocycles. The van der Waals surface area contributed by atoms with Gasteiger partial charge >= 0.3 is 0 Å². The quantitative estimate of drug-likeness (QED) is 0.921. The first-order valence-electron chi connectivity index (χ1n) is 6.87. The second kappa shape index (κ2) is 5.14. The van der Waals surface area contributed by atoms with Crippen molar-refractivity contribution in [2.45, 2.75) is 56.3 Å². The van der Waals surface area contributed by atoms with Gasteiger partial charge in [-0.15, -0.1) is 0 Å². The van der Waals surface area contributed by atoms with Crippen LogP contribution in [0.15, 0.2) is 23.1 Å². The van der Waals surface area contributed by atoms with Crippen molar-refractivity contribution in [1.29, 1.82) is 0 Å². The van der Waals surface area contributed by atoms with E-state index in [9.17, 15) is 8.42 Å². The molecule has 1 atom stereocenters. The first kappa shape index (κ1) is 16.6. The molecule has 1 aliphatic rings. The fraction of sp³-hybridized carbons (Fsp3) is 0.600. The minimum absolute atomic E-state index is 0.0554. The van der Waals surface area contributed by atoms with Crippen molar-refractivity contribution in [1.82, 2.24) is 0 Å². The van der Waals surface area contributed by atoms with E-state index in [1.54, 1.807) is 12.1 Å². The van der Waals surface area contributed by atoms with Crippen LogP contribution in [-0.4, -0.2) is 31.9 Å². The highest BCUT2D eigenvalue weighted by Crippen LogP contribution is 2.40. The topological polar surface area (TPSA) is 55.4 Å². The number of ether oxygens (including phenoxy) is 1. The Kier molecular flexibility index (Phi) is 4.06. The van der Waals surface area contributed by atoms with Crippen molar-refractivity contribution >= 4 is 27.1 Å². The molecule has 1 fully saturated rings. The van der Waals surface area contributed by atoms with Gasteiger partial charge in [0.2, 0.25) is 0 Å². The van der Waals surface area contributed by atoms with E-state index in [2.05, 4.69) is 5.32 Å². The van der Waals surface area contributed by atoms with E-state index in [1.807, 2.05) is 27.7 Å². The summed E-state index contributed by atoms with van der Waals surface area (Å²) in [5.74, 6) is 0. The maximum absolute atomic E-state index is 11.7. The van der Waals surface area contributed by atoms with Crippen LogP contribution in [0.1, 0.15) is 34.1 Å². The molecule has 0 spiro atoms. The van der Waals surface area contributed by atoms with Crippen molar-refractivity contribution in [3.05, 3.63) is 23.2 Å². The van der Waals surface area contributed by atoms with Crippen LogP contribution in [0.5, 0.6) is 0 Å². The van der Waals surface area contributed by atoms with Gasteiger partial charge in [-0.1, -0.05) is 11.6 Å². The molecule has 6 heteroatoms. The molecule has 1 aliphatic heterocycles. The van der Waals surface area contributed by atoms with E-state index < -0.39 is 9.84 Å². The smallest absolute Gasteiger partial charge is 0.175 e. The maximum atomic E-state index is 11.7. The molecule has 2 rings (SSSR count). The molecule has 0 amide bonds. The van der Waals surface area contributed by atoms with E-state index in [-0.39, 0.29) is 22.1 Å². The van der Waals surface area contributed by atoms with E-state index >= 15 is 0 Å². The highest BCUT2D eigenvalue weighted by Gasteiger charge is 2.46. The summed E-state index contributed by atoms with van der Waals surface area (Å²) in [7, 11) is -3.26. The van der Waals surface area contributed by atoms with Gasteiger partial charge in [-0.3, -0.25) is 0 Å². The molecule has 0 aromatic heterocycles. The summed E-state index contributed by atoms with van der Waals surface area (Å²) in [4.78, 5) is 0.255. The van der Waals surface area contributed by atoms with Gasteiger partial charge in [-0.25, -0.2) is 8.42 Å². The third-order valence-corrected chi connectivity index (χ3v) is 5.21. The van der Waals surface area contributed by atoms with E-state index in [4.69, 9.17) is 16.3 Å². The van der Waals surface area contributed by atoms with Gasteiger partial charge in [0, 0.05) is 6.26 Å². The lowest BCUT2D eigenvalue weighted by Crippen LogP contribution is -2.38. The van der Waals surface area contributed by atoms with Crippen LogP contribution in [0.2, 0.25) is 5.02 Å². The third-order valence-electron chi connectivity index (χ3n) is 3.77. The predicted molar refractivity (Wildman–Crippen MR) is 85.8 cm³/mol. The normalized spacial score (nSPS) is 24.0. The molecule has 118 valence electrons. The zero-order valence-electron chi connectivity index (χ0n) is 13.0. The molecular formula is C15H22ClNO3S. The highest BCUT2D eigenvalue weighted by atomic mass is 35.5. The Balaban J connectivity index is 2.32. The molecule has 0 saturated carbocycles. The Labute approximate surface area is 131 Å². The number of hydrogen-bond donors (Lipinski definition) is 1. The molecule has 0 aliphatic carbocycles. The Morgan fingerprint density at radius 2 is 1.90 bits per heavy atom. The Hall–Kier alpha value is -0.780. The average molecular weight is 332 g/mol. The molecular weight excluding hydrogens is 310 g/mol. The van der Waals surface area contributed by atoms with Crippen LogP contribution in [0.4, 0.5) is 5.69 Å². The van der Waals surface area contributed by atoms with E-state index in [1.165, 1.54) is 12.3 Å². The molecule has 1 aromatic rings. The van der Waals surface area contributed by atoms with Gasteiger partial charge in [-0.05, 0) is 52.3 Å². The molecule has 21 heavy (non-hydrogen) atoms. The SMILES string of the molecule is CC1(C)CC(Nc2cc(S(C)(=O)=O)ccc2Cl)C(C)(C)O1. The van der Waals surface area contributed by atoms with Crippen LogP contribution < -0.4 is 5.32 Å². The summed E-state index contributed by atoms with van der Waals surface area (Å²) in [6.45, 7) is 8.14. The van der Waals surface area contributed by atoms with Gasteiger partial charge in [0.25, 0.3) is 0 Å². The minimum Gasteiger partial charge on any atom is -0.378 e. The van der Waals surface area contributed by atoms with Crippen LogP contribution in [0.3, 0.4) is 0 Å². The number of benzene rings is 1. The first-order valence-corrected chi connectivity index (χ1v) is 9.14. The molecule has 1 N–H and O–H groups in total. The monoisotopic (exact) mass is 331 g/mol. The summed E-state index contributed by atoms with van der Waals surface area (Å²) in [6, 6.07) is 4.76. The number of nitrogens with one attached hydrogen (secondary N) is 1. The van der Waals surface area contributed by atoms with Crippen molar-refractivity contribution in [2.24, 2.45) is 0 Å². The second-order valence-electron chi connectivity index (χ2n) is 6.78. The lowest BCUT2D eigenvalue weighted by molar-refractivity contribution is -0.0662. The lowest BCUT2D eigenvalue weighted by atomic mass is 9.94. The minimum atomic E-state index is -3.26. The molecule has 0 bridgehead atoms. The van der Waals surface area contributed by atoms with Crippen molar-refractivity contribution in [3.8, 4) is 0 Å². The molecule has 1 unspecified atom stereocenters. The van der Waals surface area contributed by atoms with Gasteiger partial charge in [-0.2, -0.15) is 0 Å². The number of halogens is 1. The zero-order valence-corrected chi connectivity index (χ0v) is 14.6. The summed E-state index contributed by atoms with van der Waals surface area (Å²) in [6.07, 6.45) is 2.01. The maximum Gasteiger partial charge on any atom is 0.175 e. The molecule has 0 radical (unpaired) electrons. The van der Waals surface area contributed by atoms with Crippen molar-refractivity contribution in [3.63, 3.8) is 0 Å². The number of hydrogen-bond acceptors (Lipinski definition) is 4. The fourth-order valence-corrected chi connectivity index (χ4v) is 3.64. The van der Waals surface area contributed by atoms with Gasteiger partial charge in [0.05, 0.1) is 32.8 Å². The van der Waals surface area contributed by atoms with Gasteiger partial charge in [0.15, 0.2) is 9.84 Å². The number of rotatable bonds is 3. The molecule has 4 nitrogen and oxygen atoms in total. The Bertz CT molecular complexity index is 653. The standard InChI is InChI=1S/C15H22ClNO3S/c1-14(2)9-13(15(3,4)20-14)17-12-8-10(21(5,18)19)6-7-11(12)16/h6-8,13,17H,9H2,1-5H3. The molecule has 1 heterocycles. The van der Waals surface area contributed by atoms with Crippen LogP contribution in [-0.2, 0) is 14.6 Å². The predicted octanol–water partition coefficient (Wildman–Crippen LogP) is 3.50. The number of anilines is 1. The van der Waals surface area contributed by atoms with E-state index in [0.29, 0.717) is 10.7 Å². The van der Waals surface area contributed by atoms with Gasteiger partial charge in [0.1, 0.15) is 0 Å². The summed E-state index contributed by atoms with van der Waals surface area (Å²) in [5.41, 5.74) is 0.0506. The van der Waals surface area contributed by atoms with Crippen LogP contribution >= 0.6 is 11.6 Å². The summed E-state index contributed by atoms with van der Waals surface area (Å²) < 4.78 is 29.4. The zero-order chi connectivity index (χ0) is 16.1. The Morgan fingerprint density at radius 3 is 2.38 bits per heavy atom. The van der Waals surface area contributed by atoms with Crippen molar-refractivity contribution in [2.75, 3.05) is 11.6 Å². The summed E-state index contributed by atoms with van der Waals surface area (Å²) >= 11 is 6.19. The number of sulfone groups is 1. The van der Waals surface area contributed by atoms with Crippen LogP contribution in [0.25, 0.3) is 0 Å². The lowest BCUT2D eigenvalue weighted by Gasteiger charge is -2.28. The second-order valence-corrected chi connectivity index (χ2v) is 9.20. The third kappa shape index (κ3) is 3.71. The molecule has 1 saturated heterocycles. The summed E-state index contributed by atoms with van der Waals surface area (Å²) in [5, 5.41) is 3.85. The van der Waals surface area contributed by atoms with Crippen LogP contribution in [0, 0.1) is 0 Å². The fourth-order valence-electron chi connectivity index (χ4n) is 2.82. The van der Waals surface area contributed by atoms with Gasteiger partial charge < -0.3 is 10.1 Å².